The van der Waals surface area contributed by atoms with E-state index < -0.39 is 0 Å². The van der Waals surface area contributed by atoms with E-state index in [1.54, 1.807) is 23.0 Å². The van der Waals surface area contributed by atoms with Gasteiger partial charge in [0.15, 0.2) is 6.29 Å². The van der Waals surface area contributed by atoms with Crippen LogP contribution in [0.3, 0.4) is 0 Å². The number of benzene rings is 1. The molecule has 0 atom stereocenters. The van der Waals surface area contributed by atoms with E-state index in [0.717, 1.165) is 21.3 Å². The Hall–Kier alpha value is -1.43. The first-order valence-corrected chi connectivity index (χ1v) is 7.77. The highest BCUT2D eigenvalue weighted by molar-refractivity contribution is 9.10. The summed E-state index contributed by atoms with van der Waals surface area (Å²) in [6, 6.07) is 9.29. The number of carbonyl (C=O) groups excluding carboxylic acids is 1. The first kappa shape index (κ1) is 13.5. The number of aromatic nitrogens is 2. The molecule has 1 aromatic carbocycles. The van der Waals surface area contributed by atoms with Gasteiger partial charge in [-0.05, 0) is 40.2 Å². The highest BCUT2D eigenvalue weighted by atomic mass is 79.9. The molecule has 0 aliphatic rings. The summed E-state index contributed by atoms with van der Waals surface area (Å²) in [6.45, 7) is 0. The van der Waals surface area contributed by atoms with Crippen molar-refractivity contribution in [2.75, 3.05) is 0 Å². The van der Waals surface area contributed by atoms with Gasteiger partial charge in [-0.25, -0.2) is 4.68 Å². The standard InChI is InChI=1S/C14H8BrClN2OS/c15-10-4-13(20-8-10)14-9(7-19)6-18(17-14)12-3-1-2-11(16)5-12/h1-8H. The van der Waals surface area contributed by atoms with E-state index in [0.29, 0.717) is 16.3 Å². The molecule has 0 bridgehead atoms. The molecular formula is C14H8BrClN2OS. The Bertz CT molecular complexity index is 781. The lowest BCUT2D eigenvalue weighted by molar-refractivity contribution is 0.112. The molecule has 0 saturated heterocycles. The Balaban J connectivity index is 2.11. The van der Waals surface area contributed by atoms with Crippen LogP contribution in [0.15, 0.2) is 46.4 Å². The molecule has 0 radical (unpaired) electrons. The Morgan fingerprint density at radius 2 is 2.20 bits per heavy atom. The molecule has 0 N–H and O–H groups in total. The van der Waals surface area contributed by atoms with Crippen LogP contribution >= 0.6 is 38.9 Å². The van der Waals surface area contributed by atoms with Crippen molar-refractivity contribution >= 4 is 45.2 Å². The highest BCUT2D eigenvalue weighted by Crippen LogP contribution is 2.31. The Morgan fingerprint density at radius 3 is 2.85 bits per heavy atom. The lowest BCUT2D eigenvalue weighted by Gasteiger charge is -2.00. The molecule has 0 fully saturated rings. The van der Waals surface area contributed by atoms with E-state index in [2.05, 4.69) is 21.0 Å². The van der Waals surface area contributed by atoms with Crippen molar-refractivity contribution in [3.05, 3.63) is 57.0 Å². The second-order valence-corrected chi connectivity index (χ2v) is 6.37. The lowest BCUT2D eigenvalue weighted by Crippen LogP contribution is -1.94. The second-order valence-electron chi connectivity index (χ2n) is 4.10. The smallest absolute Gasteiger partial charge is 0.153 e. The highest BCUT2D eigenvalue weighted by Gasteiger charge is 2.13. The number of thiophene rings is 1. The third-order valence-corrected chi connectivity index (χ3v) is 4.68. The fourth-order valence-electron chi connectivity index (χ4n) is 1.85. The number of rotatable bonds is 3. The minimum absolute atomic E-state index is 0.555. The van der Waals surface area contributed by atoms with Crippen LogP contribution in [0.4, 0.5) is 0 Å². The molecule has 3 aromatic rings. The van der Waals surface area contributed by atoms with Crippen molar-refractivity contribution in [1.82, 2.24) is 9.78 Å². The maximum atomic E-state index is 11.2. The Morgan fingerprint density at radius 1 is 1.35 bits per heavy atom. The van der Waals surface area contributed by atoms with E-state index in [1.165, 1.54) is 11.3 Å². The van der Waals surface area contributed by atoms with Gasteiger partial charge in [0.05, 0.1) is 16.1 Å². The van der Waals surface area contributed by atoms with Crippen LogP contribution < -0.4 is 0 Å². The molecule has 2 heterocycles. The van der Waals surface area contributed by atoms with Gasteiger partial charge in [-0.2, -0.15) is 5.10 Å². The van der Waals surface area contributed by atoms with E-state index >= 15 is 0 Å². The number of hydrogen-bond acceptors (Lipinski definition) is 3. The SMILES string of the molecule is O=Cc1cn(-c2cccc(Cl)c2)nc1-c1cc(Br)cs1. The van der Waals surface area contributed by atoms with Gasteiger partial charge in [-0.1, -0.05) is 17.7 Å². The van der Waals surface area contributed by atoms with Gasteiger partial charge in [0.1, 0.15) is 5.69 Å². The van der Waals surface area contributed by atoms with Crippen molar-refractivity contribution in [3.8, 4) is 16.3 Å². The molecule has 100 valence electrons. The van der Waals surface area contributed by atoms with Crippen molar-refractivity contribution in [2.45, 2.75) is 0 Å². The number of carbonyl (C=O) groups is 1. The summed E-state index contributed by atoms with van der Waals surface area (Å²) in [7, 11) is 0. The minimum atomic E-state index is 0.555. The number of nitrogens with zero attached hydrogens (tertiary/aromatic N) is 2. The zero-order chi connectivity index (χ0) is 14.1. The van der Waals surface area contributed by atoms with E-state index in [1.807, 2.05) is 23.6 Å². The average Bonchev–Trinajstić information content (AvgIpc) is 3.04. The predicted molar refractivity (Wildman–Crippen MR) is 85.0 cm³/mol. The summed E-state index contributed by atoms with van der Waals surface area (Å²) in [5.41, 5.74) is 2.05. The van der Waals surface area contributed by atoms with Crippen LogP contribution in [-0.4, -0.2) is 16.1 Å². The average molecular weight is 368 g/mol. The molecule has 0 aliphatic heterocycles. The van der Waals surface area contributed by atoms with Crippen LogP contribution in [0.2, 0.25) is 5.02 Å². The summed E-state index contributed by atoms with van der Waals surface area (Å²) in [5, 5.41) is 7.08. The van der Waals surface area contributed by atoms with Crippen molar-refractivity contribution in [1.29, 1.82) is 0 Å². The van der Waals surface area contributed by atoms with Crippen molar-refractivity contribution < 1.29 is 4.79 Å². The zero-order valence-corrected chi connectivity index (χ0v) is 13.2. The van der Waals surface area contributed by atoms with Gasteiger partial charge in [-0.3, -0.25) is 4.79 Å². The van der Waals surface area contributed by atoms with Crippen molar-refractivity contribution in [2.24, 2.45) is 0 Å². The van der Waals surface area contributed by atoms with Crippen LogP contribution in [0.5, 0.6) is 0 Å². The van der Waals surface area contributed by atoms with Crippen LogP contribution in [0, 0.1) is 0 Å². The Labute approximate surface area is 132 Å². The number of halogens is 2. The van der Waals surface area contributed by atoms with Crippen molar-refractivity contribution in [3.63, 3.8) is 0 Å². The molecule has 0 unspecified atom stereocenters. The lowest BCUT2D eigenvalue weighted by atomic mass is 10.2. The fourth-order valence-corrected chi connectivity index (χ4v) is 3.47. The Kier molecular flexibility index (Phi) is 3.74. The third-order valence-electron chi connectivity index (χ3n) is 2.74. The fraction of sp³-hybridized carbons (Fsp3) is 0. The van der Waals surface area contributed by atoms with E-state index in [9.17, 15) is 4.79 Å². The van der Waals surface area contributed by atoms with Gasteiger partial charge in [-0.15, -0.1) is 11.3 Å². The summed E-state index contributed by atoms with van der Waals surface area (Å²) >= 11 is 10.9. The van der Waals surface area contributed by atoms with E-state index in [4.69, 9.17) is 11.6 Å². The zero-order valence-electron chi connectivity index (χ0n) is 10.1. The maximum Gasteiger partial charge on any atom is 0.153 e. The second kappa shape index (κ2) is 5.52. The molecule has 0 aliphatic carbocycles. The maximum absolute atomic E-state index is 11.2. The molecule has 0 saturated carbocycles. The monoisotopic (exact) mass is 366 g/mol. The summed E-state index contributed by atoms with van der Waals surface area (Å²) in [5.74, 6) is 0. The molecular weight excluding hydrogens is 360 g/mol. The van der Waals surface area contributed by atoms with E-state index in [-0.39, 0.29) is 0 Å². The minimum Gasteiger partial charge on any atom is -0.298 e. The molecule has 20 heavy (non-hydrogen) atoms. The number of aldehydes is 1. The first-order valence-electron chi connectivity index (χ1n) is 5.72. The summed E-state index contributed by atoms with van der Waals surface area (Å²) in [6.07, 6.45) is 2.53. The summed E-state index contributed by atoms with van der Waals surface area (Å²) < 4.78 is 2.64. The molecule has 3 rings (SSSR count). The first-order chi connectivity index (χ1) is 9.67. The molecule has 0 amide bonds. The van der Waals surface area contributed by atoms with Crippen LogP contribution in [-0.2, 0) is 0 Å². The van der Waals surface area contributed by atoms with Crippen LogP contribution in [0.25, 0.3) is 16.3 Å². The largest absolute Gasteiger partial charge is 0.298 e. The molecule has 0 spiro atoms. The van der Waals surface area contributed by atoms with Gasteiger partial charge in [0.25, 0.3) is 0 Å². The molecule has 6 heteroatoms. The normalized spacial score (nSPS) is 10.7. The van der Waals surface area contributed by atoms with Crippen LogP contribution in [0.1, 0.15) is 10.4 Å². The third kappa shape index (κ3) is 2.57. The van der Waals surface area contributed by atoms with Gasteiger partial charge in [0, 0.05) is 21.1 Å². The molecule has 3 nitrogen and oxygen atoms in total. The van der Waals surface area contributed by atoms with Gasteiger partial charge >= 0.3 is 0 Å². The quantitative estimate of drug-likeness (QED) is 0.622. The van der Waals surface area contributed by atoms with Gasteiger partial charge in [0.2, 0.25) is 0 Å². The topological polar surface area (TPSA) is 34.9 Å². The van der Waals surface area contributed by atoms with Gasteiger partial charge < -0.3 is 0 Å². The predicted octanol–water partition coefficient (Wildman–Crippen LogP) is 4.83. The molecule has 2 aromatic heterocycles. The summed E-state index contributed by atoms with van der Waals surface area (Å²) in [4.78, 5) is 12.2. The number of hydrogen-bond donors (Lipinski definition) is 0.